The maximum absolute atomic E-state index is 14.3. The van der Waals surface area contributed by atoms with Crippen molar-refractivity contribution in [2.75, 3.05) is 5.32 Å². The molecule has 0 radical (unpaired) electrons. The Hall–Kier alpha value is -4.86. The molecule has 2 aromatic carbocycles. The predicted octanol–water partition coefficient (Wildman–Crippen LogP) is 4.37. The molecule has 0 fully saturated rings. The quantitative estimate of drug-likeness (QED) is 0.380. The Morgan fingerprint density at radius 2 is 1.94 bits per heavy atom. The van der Waals surface area contributed by atoms with Crippen molar-refractivity contribution in [2.45, 2.75) is 13.0 Å². The van der Waals surface area contributed by atoms with E-state index in [1.165, 1.54) is 18.5 Å². The molecule has 0 saturated heterocycles. The summed E-state index contributed by atoms with van der Waals surface area (Å²) in [6.45, 7) is 1.92. The smallest absolute Gasteiger partial charge is 0.263 e. The number of anilines is 1. The Kier molecular flexibility index (Phi) is 5.06. The van der Waals surface area contributed by atoms with Gasteiger partial charge in [0.1, 0.15) is 17.7 Å². The molecule has 0 amide bonds. The van der Waals surface area contributed by atoms with E-state index in [2.05, 4.69) is 30.4 Å². The number of aryl methyl sites for hydroxylation is 1. The lowest BCUT2D eigenvalue weighted by Crippen LogP contribution is -2.26. The lowest BCUT2D eigenvalue weighted by atomic mass is 9.99. The third kappa shape index (κ3) is 3.59. The van der Waals surface area contributed by atoms with Crippen LogP contribution in [0.25, 0.3) is 38.8 Å². The molecule has 6 rings (SSSR count). The normalized spacial score (nSPS) is 12.3. The van der Waals surface area contributed by atoms with Crippen LogP contribution in [0.15, 0.2) is 78.4 Å². The number of pyridine rings is 1. The van der Waals surface area contributed by atoms with E-state index in [0.717, 1.165) is 16.5 Å². The van der Waals surface area contributed by atoms with Crippen LogP contribution in [0.1, 0.15) is 18.7 Å². The average Bonchev–Trinajstić information content (AvgIpc) is 3.53. The third-order valence-electron chi connectivity index (χ3n) is 6.18. The van der Waals surface area contributed by atoms with Gasteiger partial charge < -0.3 is 10.3 Å². The van der Waals surface area contributed by atoms with Crippen molar-refractivity contribution in [3.63, 3.8) is 0 Å². The number of benzene rings is 2. The van der Waals surface area contributed by atoms with Crippen LogP contribution in [-0.4, -0.2) is 34.3 Å². The monoisotopic (exact) mass is 480 g/mol. The molecule has 178 valence electrons. The highest BCUT2D eigenvalue weighted by molar-refractivity contribution is 5.96. The van der Waals surface area contributed by atoms with Gasteiger partial charge in [-0.25, -0.2) is 19.3 Å². The molecular weight excluding hydrogens is 459 g/mol. The summed E-state index contributed by atoms with van der Waals surface area (Å²) >= 11 is 0. The highest BCUT2D eigenvalue weighted by atomic mass is 19.1. The maximum atomic E-state index is 14.3. The van der Waals surface area contributed by atoms with E-state index >= 15 is 0 Å². The molecule has 0 aliphatic carbocycles. The molecule has 9 nitrogen and oxygen atoms in total. The molecule has 0 spiro atoms. The zero-order chi connectivity index (χ0) is 24.8. The highest BCUT2D eigenvalue weighted by Gasteiger charge is 2.20. The number of aromatic amines is 1. The van der Waals surface area contributed by atoms with Crippen molar-refractivity contribution in [3.8, 4) is 16.8 Å². The number of hydrogen-bond acceptors (Lipinski definition) is 6. The summed E-state index contributed by atoms with van der Waals surface area (Å²) < 4.78 is 17.5. The fourth-order valence-corrected chi connectivity index (χ4v) is 4.54. The lowest BCUT2D eigenvalue weighted by molar-refractivity contribution is 0.625. The van der Waals surface area contributed by atoms with Crippen molar-refractivity contribution in [1.82, 2.24) is 34.3 Å². The molecule has 0 aliphatic heterocycles. The summed E-state index contributed by atoms with van der Waals surface area (Å²) in [6, 6.07) is 13.3. The molecule has 4 heterocycles. The van der Waals surface area contributed by atoms with Gasteiger partial charge in [-0.3, -0.25) is 14.0 Å². The first-order valence-corrected chi connectivity index (χ1v) is 11.3. The summed E-state index contributed by atoms with van der Waals surface area (Å²) in [5, 5.41) is 8.93. The van der Waals surface area contributed by atoms with Gasteiger partial charge in [0.15, 0.2) is 11.5 Å². The van der Waals surface area contributed by atoms with Crippen LogP contribution in [0.2, 0.25) is 0 Å². The summed E-state index contributed by atoms with van der Waals surface area (Å²) in [5.41, 5.74) is 3.60. The fourth-order valence-electron chi connectivity index (χ4n) is 4.54. The second-order valence-electron chi connectivity index (χ2n) is 8.55. The second-order valence-corrected chi connectivity index (χ2v) is 8.55. The molecule has 0 saturated carbocycles. The number of imidazole rings is 1. The van der Waals surface area contributed by atoms with Crippen molar-refractivity contribution >= 4 is 27.8 Å². The number of aromatic nitrogens is 7. The Bertz CT molecular complexity index is 1800. The van der Waals surface area contributed by atoms with Gasteiger partial charge in [-0.1, -0.05) is 24.3 Å². The zero-order valence-electron chi connectivity index (χ0n) is 19.5. The molecule has 10 heteroatoms. The fraction of sp³-hybridized carbons (Fsp3) is 0.115. The van der Waals surface area contributed by atoms with Crippen molar-refractivity contribution in [1.29, 1.82) is 0 Å². The minimum Gasteiger partial charge on any atom is -0.360 e. The van der Waals surface area contributed by atoms with Gasteiger partial charge in [0.05, 0.1) is 29.6 Å². The van der Waals surface area contributed by atoms with E-state index in [0.29, 0.717) is 33.7 Å². The van der Waals surface area contributed by atoms with Gasteiger partial charge in [0, 0.05) is 24.5 Å². The standard InChI is InChI=1S/C26H21FN8O/c1-15(33-25-23-24(29-13-28-23)30-14-31-25)21-9-16-5-3-8-20(17-11-32-34(2)12-17)22(16)26(36)35(21)19-7-4-6-18(27)10-19/h3-15H,1-2H3,(H2,28,29,30,31,33). The number of rotatable bonds is 5. The van der Waals surface area contributed by atoms with E-state index in [-0.39, 0.29) is 11.6 Å². The zero-order valence-corrected chi connectivity index (χ0v) is 19.5. The largest absolute Gasteiger partial charge is 0.360 e. The van der Waals surface area contributed by atoms with Crippen LogP contribution in [0, 0.1) is 5.82 Å². The molecule has 1 atom stereocenters. The summed E-state index contributed by atoms with van der Waals surface area (Å²) in [7, 11) is 1.83. The van der Waals surface area contributed by atoms with Crippen molar-refractivity contribution < 1.29 is 4.39 Å². The Balaban J connectivity index is 1.59. The molecular formula is C26H21FN8O. The molecule has 1 unspecified atom stereocenters. The van der Waals surface area contributed by atoms with Crippen molar-refractivity contribution in [3.05, 3.63) is 95.4 Å². The highest BCUT2D eigenvalue weighted by Crippen LogP contribution is 2.30. The third-order valence-corrected chi connectivity index (χ3v) is 6.18. The molecule has 36 heavy (non-hydrogen) atoms. The summed E-state index contributed by atoms with van der Waals surface area (Å²) in [4.78, 5) is 29.9. The number of hydrogen-bond donors (Lipinski definition) is 2. The Morgan fingerprint density at radius 3 is 2.75 bits per heavy atom. The molecule has 0 aliphatic rings. The second kappa shape index (κ2) is 8.42. The molecule has 2 N–H and O–H groups in total. The number of fused-ring (bicyclic) bond motifs is 2. The molecule has 6 aromatic rings. The minimum atomic E-state index is -0.429. The first-order valence-electron chi connectivity index (χ1n) is 11.3. The summed E-state index contributed by atoms with van der Waals surface area (Å²) in [6.07, 6.45) is 6.57. The summed E-state index contributed by atoms with van der Waals surface area (Å²) in [5.74, 6) is 0.119. The van der Waals surface area contributed by atoms with Gasteiger partial charge in [-0.05, 0) is 42.1 Å². The van der Waals surface area contributed by atoms with Gasteiger partial charge in [0.25, 0.3) is 5.56 Å². The first-order chi connectivity index (χ1) is 17.5. The first kappa shape index (κ1) is 21.7. The molecule has 0 bridgehead atoms. The number of nitrogens with zero attached hydrogens (tertiary/aromatic N) is 6. The van der Waals surface area contributed by atoms with E-state index in [1.54, 1.807) is 33.9 Å². The van der Waals surface area contributed by atoms with Crippen molar-refractivity contribution in [2.24, 2.45) is 7.05 Å². The average molecular weight is 481 g/mol. The maximum Gasteiger partial charge on any atom is 0.263 e. The number of nitrogens with one attached hydrogen (secondary N) is 2. The predicted molar refractivity (Wildman–Crippen MR) is 135 cm³/mol. The van der Waals surface area contributed by atoms with E-state index in [4.69, 9.17) is 0 Å². The van der Waals surface area contributed by atoms with Crippen LogP contribution >= 0.6 is 0 Å². The number of halogens is 1. The Labute approximate surface area is 204 Å². The van der Waals surface area contributed by atoms with Crippen LogP contribution in [0.5, 0.6) is 0 Å². The van der Waals surface area contributed by atoms with Crippen LogP contribution in [0.4, 0.5) is 10.2 Å². The van der Waals surface area contributed by atoms with Crippen LogP contribution < -0.4 is 10.9 Å². The van der Waals surface area contributed by atoms with Gasteiger partial charge in [0.2, 0.25) is 0 Å². The topological polar surface area (TPSA) is 106 Å². The Morgan fingerprint density at radius 1 is 1.08 bits per heavy atom. The van der Waals surface area contributed by atoms with Crippen LogP contribution in [0.3, 0.4) is 0 Å². The van der Waals surface area contributed by atoms with E-state index in [1.807, 2.05) is 44.4 Å². The molecule has 4 aromatic heterocycles. The van der Waals surface area contributed by atoms with Crippen LogP contribution in [-0.2, 0) is 7.05 Å². The lowest BCUT2D eigenvalue weighted by Gasteiger charge is -2.22. The van der Waals surface area contributed by atoms with Gasteiger partial charge in [-0.15, -0.1) is 0 Å². The van der Waals surface area contributed by atoms with Gasteiger partial charge in [-0.2, -0.15) is 5.10 Å². The van der Waals surface area contributed by atoms with E-state index < -0.39 is 5.82 Å². The minimum absolute atomic E-state index is 0.254. The SMILES string of the molecule is CC(Nc1ncnc2nc[nH]c12)c1cc2cccc(-c3cnn(C)c3)c2c(=O)n1-c1cccc(F)c1. The van der Waals surface area contributed by atoms with E-state index in [9.17, 15) is 9.18 Å². The van der Waals surface area contributed by atoms with Gasteiger partial charge >= 0.3 is 0 Å². The number of H-pyrrole nitrogens is 1.